The van der Waals surface area contributed by atoms with Crippen LogP contribution in [0.15, 0.2) is 18.2 Å². The first-order chi connectivity index (χ1) is 8.90. The van der Waals surface area contributed by atoms with E-state index in [1.807, 2.05) is 22.6 Å². The third kappa shape index (κ3) is 2.89. The van der Waals surface area contributed by atoms with Crippen molar-refractivity contribution in [2.45, 2.75) is 12.5 Å². The van der Waals surface area contributed by atoms with E-state index in [9.17, 15) is 14.4 Å². The van der Waals surface area contributed by atoms with E-state index in [0.29, 0.717) is 10.6 Å². The molecule has 5 nitrogen and oxygen atoms in total. The molecule has 0 aliphatic carbocycles. The van der Waals surface area contributed by atoms with Gasteiger partial charge in [0.05, 0.1) is 12.0 Å². The highest BCUT2D eigenvalue weighted by Gasteiger charge is 2.37. The highest BCUT2D eigenvalue weighted by Crippen LogP contribution is 2.19. The van der Waals surface area contributed by atoms with Crippen LogP contribution in [0.4, 0.5) is 0 Å². The molecular formula is C12H10ClIN2O3. The van der Waals surface area contributed by atoms with Crippen LogP contribution in [0, 0.1) is 3.57 Å². The summed E-state index contributed by atoms with van der Waals surface area (Å²) in [5, 5.41) is 3.00. The predicted molar refractivity (Wildman–Crippen MR) is 77.8 cm³/mol. The molecule has 1 atom stereocenters. The van der Waals surface area contributed by atoms with Crippen molar-refractivity contribution in [3.63, 3.8) is 0 Å². The summed E-state index contributed by atoms with van der Waals surface area (Å²) >= 11 is 7.85. The maximum absolute atomic E-state index is 12.1. The van der Waals surface area contributed by atoms with Gasteiger partial charge in [0.1, 0.15) is 6.04 Å². The first-order valence-corrected chi connectivity index (χ1v) is 6.92. The summed E-state index contributed by atoms with van der Waals surface area (Å²) in [6, 6.07) is 4.13. The lowest BCUT2D eigenvalue weighted by atomic mass is 10.2. The molecule has 1 aromatic rings. The van der Waals surface area contributed by atoms with Crippen LogP contribution in [0.5, 0.6) is 0 Å². The minimum atomic E-state index is -0.792. The molecule has 2 rings (SSSR count). The Kier molecular flexibility index (Phi) is 4.10. The Hall–Kier alpha value is -1.15. The summed E-state index contributed by atoms with van der Waals surface area (Å²) in [6.45, 7) is 0. The molecule has 19 heavy (non-hydrogen) atoms. The molecule has 1 fully saturated rings. The maximum Gasteiger partial charge on any atom is 0.253 e. The van der Waals surface area contributed by atoms with E-state index < -0.39 is 17.9 Å². The van der Waals surface area contributed by atoms with Crippen molar-refractivity contribution in [1.82, 2.24) is 10.2 Å². The zero-order chi connectivity index (χ0) is 14.2. The van der Waals surface area contributed by atoms with Crippen molar-refractivity contribution in [1.29, 1.82) is 0 Å². The van der Waals surface area contributed by atoms with Crippen LogP contribution in [0.3, 0.4) is 0 Å². The number of nitrogens with zero attached hydrogens (tertiary/aromatic N) is 1. The summed E-state index contributed by atoms with van der Waals surface area (Å²) in [7, 11) is 1.40. The van der Waals surface area contributed by atoms with Gasteiger partial charge in [0.25, 0.3) is 11.8 Å². The average Bonchev–Trinajstić information content (AvgIpc) is 2.60. The fourth-order valence-electron chi connectivity index (χ4n) is 1.78. The second-order valence-electron chi connectivity index (χ2n) is 4.15. The maximum atomic E-state index is 12.1. The summed E-state index contributed by atoms with van der Waals surface area (Å²) in [6.07, 6.45) is -0.00177. The molecule has 3 amide bonds. The highest BCUT2D eigenvalue weighted by atomic mass is 127. The lowest BCUT2D eigenvalue weighted by molar-refractivity contribution is -0.137. The van der Waals surface area contributed by atoms with E-state index in [-0.39, 0.29) is 12.3 Å². The Labute approximate surface area is 128 Å². The Bertz CT molecular complexity index is 576. The van der Waals surface area contributed by atoms with E-state index in [1.165, 1.54) is 13.1 Å². The number of hydrogen-bond donors (Lipinski definition) is 1. The summed E-state index contributed by atoms with van der Waals surface area (Å²) < 4.78 is 0.727. The number of rotatable bonds is 2. The number of benzene rings is 1. The van der Waals surface area contributed by atoms with Gasteiger partial charge in [-0.25, -0.2) is 0 Å². The molecule has 0 radical (unpaired) electrons. The van der Waals surface area contributed by atoms with Crippen LogP contribution in [-0.4, -0.2) is 35.7 Å². The normalized spacial score (nSPS) is 18.9. The Morgan fingerprint density at radius 1 is 1.47 bits per heavy atom. The molecule has 1 saturated heterocycles. The fourth-order valence-corrected chi connectivity index (χ4v) is 2.53. The largest absolute Gasteiger partial charge is 0.340 e. The summed E-state index contributed by atoms with van der Waals surface area (Å²) in [4.78, 5) is 36.2. The van der Waals surface area contributed by atoms with Crippen molar-refractivity contribution in [3.8, 4) is 0 Å². The lowest BCUT2D eigenvalue weighted by Crippen LogP contribution is -2.40. The number of halogens is 2. The summed E-state index contributed by atoms with van der Waals surface area (Å²) in [5.41, 5.74) is 0.392. The summed E-state index contributed by atoms with van der Waals surface area (Å²) in [5.74, 6) is -1.10. The first-order valence-electron chi connectivity index (χ1n) is 5.46. The zero-order valence-electron chi connectivity index (χ0n) is 9.94. The molecule has 0 bridgehead atoms. The molecule has 0 saturated carbocycles. The SMILES string of the molecule is CN1C(=O)CC(NC(=O)c2cc(Cl)ccc2I)C1=O. The van der Waals surface area contributed by atoms with Gasteiger partial charge in [0, 0.05) is 15.6 Å². The number of likely N-dealkylation sites (N-methyl/N-ethyl adjacent to an activating group) is 1. The number of hydrogen-bond acceptors (Lipinski definition) is 3. The lowest BCUT2D eigenvalue weighted by Gasteiger charge is -2.12. The molecule has 0 aromatic heterocycles. The van der Waals surface area contributed by atoms with Crippen LogP contribution >= 0.6 is 34.2 Å². The Balaban J connectivity index is 2.16. The second kappa shape index (κ2) is 5.46. The number of amides is 3. The number of carbonyl (C=O) groups is 3. The minimum Gasteiger partial charge on any atom is -0.340 e. The number of carbonyl (C=O) groups excluding carboxylic acids is 3. The van der Waals surface area contributed by atoms with Crippen LogP contribution < -0.4 is 5.32 Å². The van der Waals surface area contributed by atoms with Crippen molar-refractivity contribution < 1.29 is 14.4 Å². The molecule has 1 aliphatic heterocycles. The molecule has 100 valence electrons. The van der Waals surface area contributed by atoms with Crippen molar-refractivity contribution in [3.05, 3.63) is 32.4 Å². The van der Waals surface area contributed by atoms with Gasteiger partial charge in [-0.3, -0.25) is 19.3 Å². The van der Waals surface area contributed by atoms with Crippen LogP contribution in [0.2, 0.25) is 5.02 Å². The first kappa shape index (κ1) is 14.3. The van der Waals surface area contributed by atoms with Crippen molar-refractivity contribution in [2.24, 2.45) is 0 Å². The van der Waals surface area contributed by atoms with E-state index in [4.69, 9.17) is 11.6 Å². The second-order valence-corrected chi connectivity index (χ2v) is 5.74. The van der Waals surface area contributed by atoms with Crippen LogP contribution in [0.25, 0.3) is 0 Å². The smallest absolute Gasteiger partial charge is 0.253 e. The van der Waals surface area contributed by atoms with Gasteiger partial charge in [-0.15, -0.1) is 0 Å². The van der Waals surface area contributed by atoms with Crippen molar-refractivity contribution in [2.75, 3.05) is 7.05 Å². The quantitative estimate of drug-likeness (QED) is 0.612. The standard InChI is InChI=1S/C12H10ClIN2O3/c1-16-10(17)5-9(12(16)19)15-11(18)7-4-6(13)2-3-8(7)14/h2-4,9H,5H2,1H3,(H,15,18). The van der Waals surface area contributed by atoms with Gasteiger partial charge in [0.15, 0.2) is 0 Å². The molecule has 7 heteroatoms. The third-order valence-corrected chi connectivity index (χ3v) is 4.04. The topological polar surface area (TPSA) is 66.5 Å². The van der Waals surface area contributed by atoms with Crippen LogP contribution in [0.1, 0.15) is 16.8 Å². The molecule has 1 aromatic carbocycles. The van der Waals surface area contributed by atoms with E-state index in [2.05, 4.69) is 5.32 Å². The van der Waals surface area contributed by atoms with Gasteiger partial charge in [-0.05, 0) is 40.8 Å². The number of nitrogens with one attached hydrogen (secondary N) is 1. The molecule has 1 heterocycles. The molecule has 1 N–H and O–H groups in total. The zero-order valence-corrected chi connectivity index (χ0v) is 12.9. The Morgan fingerprint density at radius 2 is 2.16 bits per heavy atom. The number of likely N-dealkylation sites (tertiary alicyclic amines) is 1. The van der Waals surface area contributed by atoms with E-state index in [0.717, 1.165) is 8.47 Å². The number of imide groups is 1. The van der Waals surface area contributed by atoms with Gasteiger partial charge >= 0.3 is 0 Å². The average molecular weight is 393 g/mol. The monoisotopic (exact) mass is 392 g/mol. The van der Waals surface area contributed by atoms with Gasteiger partial charge < -0.3 is 5.32 Å². The minimum absolute atomic E-state index is 0.00177. The van der Waals surface area contributed by atoms with Crippen LogP contribution in [-0.2, 0) is 9.59 Å². The van der Waals surface area contributed by atoms with Crippen molar-refractivity contribution >= 4 is 51.9 Å². The van der Waals surface area contributed by atoms with E-state index in [1.54, 1.807) is 12.1 Å². The van der Waals surface area contributed by atoms with Gasteiger partial charge in [-0.1, -0.05) is 11.6 Å². The molecule has 0 spiro atoms. The van der Waals surface area contributed by atoms with E-state index >= 15 is 0 Å². The molecular weight excluding hydrogens is 383 g/mol. The third-order valence-electron chi connectivity index (χ3n) is 2.86. The predicted octanol–water partition coefficient (Wildman–Crippen LogP) is 1.43. The molecule has 1 unspecified atom stereocenters. The van der Waals surface area contributed by atoms with Gasteiger partial charge in [0.2, 0.25) is 5.91 Å². The highest BCUT2D eigenvalue weighted by molar-refractivity contribution is 14.1. The Morgan fingerprint density at radius 3 is 2.74 bits per heavy atom. The fraction of sp³-hybridized carbons (Fsp3) is 0.250. The molecule has 1 aliphatic rings. The van der Waals surface area contributed by atoms with Gasteiger partial charge in [-0.2, -0.15) is 0 Å².